The van der Waals surface area contributed by atoms with Crippen LogP contribution in [0.3, 0.4) is 0 Å². The fourth-order valence-corrected chi connectivity index (χ4v) is 5.86. The molecule has 0 aliphatic rings. The summed E-state index contributed by atoms with van der Waals surface area (Å²) < 4.78 is 34.0. The quantitative estimate of drug-likeness (QED) is 0.258. The number of hydrogen-bond donors (Lipinski definition) is 1. The molecule has 0 aliphatic heterocycles. The molecule has 0 saturated carbocycles. The van der Waals surface area contributed by atoms with Gasteiger partial charge in [-0.3, -0.25) is 13.9 Å². The Balaban J connectivity index is 2.03. The number of hydrogen-bond acceptors (Lipinski definition) is 5. The number of sulfonamides is 1. The number of unbranched alkanes of at least 4 members (excludes halogenated alkanes) is 1. The summed E-state index contributed by atoms with van der Waals surface area (Å²) >= 11 is 12.5. The summed E-state index contributed by atoms with van der Waals surface area (Å²) in [6.07, 6.45) is 1.68. The van der Waals surface area contributed by atoms with Gasteiger partial charge in [-0.2, -0.15) is 0 Å². The van der Waals surface area contributed by atoms with Gasteiger partial charge in [0.15, 0.2) is 0 Å². The molecule has 0 heterocycles. The average Bonchev–Trinajstić information content (AvgIpc) is 2.95. The van der Waals surface area contributed by atoms with E-state index >= 15 is 0 Å². The summed E-state index contributed by atoms with van der Waals surface area (Å²) in [4.78, 5) is 28.3. The molecule has 0 bridgehead atoms. The van der Waals surface area contributed by atoms with Gasteiger partial charge in [0, 0.05) is 29.2 Å². The summed E-state index contributed by atoms with van der Waals surface area (Å²) in [5.41, 5.74) is 0.799. The second-order valence-electron chi connectivity index (χ2n) is 9.10. The highest BCUT2D eigenvalue weighted by Crippen LogP contribution is 2.28. The Morgan fingerprint density at radius 1 is 1.00 bits per heavy atom. The summed E-state index contributed by atoms with van der Waals surface area (Å²) in [5, 5.41) is 3.60. The van der Waals surface area contributed by atoms with E-state index in [0.29, 0.717) is 27.9 Å². The Kier molecular flexibility index (Phi) is 11.2. The van der Waals surface area contributed by atoms with Crippen LogP contribution in [0.4, 0.5) is 5.69 Å². The van der Waals surface area contributed by atoms with E-state index in [-0.39, 0.29) is 23.0 Å². The Hall–Kier alpha value is -3.27. The maximum atomic E-state index is 14.0. The van der Waals surface area contributed by atoms with E-state index < -0.39 is 28.5 Å². The van der Waals surface area contributed by atoms with Crippen molar-refractivity contribution in [2.45, 2.75) is 44.2 Å². The lowest BCUT2D eigenvalue weighted by molar-refractivity contribution is -0.139. The molecule has 2 amide bonds. The molecule has 1 N–H and O–H groups in total. The van der Waals surface area contributed by atoms with Crippen LogP contribution in [-0.2, 0) is 26.2 Å². The van der Waals surface area contributed by atoms with Gasteiger partial charge < -0.3 is 15.0 Å². The number of anilines is 1. The zero-order chi connectivity index (χ0) is 29.3. The van der Waals surface area contributed by atoms with Crippen molar-refractivity contribution in [2.24, 2.45) is 0 Å². The topological polar surface area (TPSA) is 96.0 Å². The smallest absolute Gasteiger partial charge is 0.264 e. The Morgan fingerprint density at radius 3 is 2.38 bits per heavy atom. The molecule has 0 radical (unpaired) electrons. The van der Waals surface area contributed by atoms with E-state index in [9.17, 15) is 18.0 Å². The highest BCUT2D eigenvalue weighted by molar-refractivity contribution is 7.92. The zero-order valence-corrected chi connectivity index (χ0v) is 25.0. The molecule has 0 fully saturated rings. The number of rotatable bonds is 13. The minimum atomic E-state index is -4.17. The SMILES string of the molecule is CCCCNC(=O)[C@H](C)N(Cc1ccc(Cl)cc1Cl)C(=O)CN(c1cccc(OC)c1)S(=O)(=O)c1ccccc1. The summed E-state index contributed by atoms with van der Waals surface area (Å²) in [7, 11) is -2.70. The molecule has 3 rings (SSSR count). The van der Waals surface area contributed by atoms with Crippen molar-refractivity contribution in [3.05, 3.63) is 88.4 Å². The predicted molar refractivity (Wildman–Crippen MR) is 158 cm³/mol. The van der Waals surface area contributed by atoms with E-state index in [1.54, 1.807) is 61.5 Å². The number of amides is 2. The lowest BCUT2D eigenvalue weighted by atomic mass is 10.1. The monoisotopic (exact) mass is 605 g/mol. The lowest BCUT2D eigenvalue weighted by Gasteiger charge is -2.32. The molecule has 0 aromatic heterocycles. The van der Waals surface area contributed by atoms with Gasteiger partial charge in [-0.15, -0.1) is 0 Å². The van der Waals surface area contributed by atoms with Crippen molar-refractivity contribution in [1.82, 2.24) is 10.2 Å². The van der Waals surface area contributed by atoms with Crippen LogP contribution in [-0.4, -0.2) is 51.4 Å². The molecule has 0 saturated heterocycles. The number of ether oxygens (including phenoxy) is 1. The molecule has 1 atom stereocenters. The molecule has 3 aromatic carbocycles. The van der Waals surface area contributed by atoms with Crippen molar-refractivity contribution in [2.75, 3.05) is 24.5 Å². The fraction of sp³-hybridized carbons (Fsp3) is 0.310. The first-order valence-electron chi connectivity index (χ1n) is 12.8. The maximum absolute atomic E-state index is 14.0. The van der Waals surface area contributed by atoms with Gasteiger partial charge in [-0.1, -0.05) is 66.9 Å². The third-order valence-corrected chi connectivity index (χ3v) is 8.68. The summed E-state index contributed by atoms with van der Waals surface area (Å²) in [5.74, 6) is -0.524. The van der Waals surface area contributed by atoms with E-state index in [2.05, 4.69) is 5.32 Å². The maximum Gasteiger partial charge on any atom is 0.264 e. The van der Waals surface area contributed by atoms with Crippen LogP contribution in [0.5, 0.6) is 5.75 Å². The first kappa shape index (κ1) is 31.3. The number of nitrogens with zero attached hydrogens (tertiary/aromatic N) is 2. The summed E-state index contributed by atoms with van der Waals surface area (Å²) in [6.45, 7) is 3.47. The molecule has 0 aliphatic carbocycles. The Bertz CT molecular complexity index is 1420. The van der Waals surface area contributed by atoms with Crippen molar-refractivity contribution in [3.8, 4) is 5.75 Å². The number of carbonyl (C=O) groups excluding carboxylic acids is 2. The van der Waals surface area contributed by atoms with Gasteiger partial charge in [-0.25, -0.2) is 8.42 Å². The minimum absolute atomic E-state index is 0.0169. The zero-order valence-electron chi connectivity index (χ0n) is 22.6. The largest absolute Gasteiger partial charge is 0.497 e. The summed E-state index contributed by atoms with van der Waals surface area (Å²) in [6, 6.07) is 18.2. The second kappa shape index (κ2) is 14.4. The highest BCUT2D eigenvalue weighted by Gasteiger charge is 2.33. The van der Waals surface area contributed by atoms with Crippen LogP contribution in [0.2, 0.25) is 10.0 Å². The molecular weight excluding hydrogens is 573 g/mol. The van der Waals surface area contributed by atoms with Crippen molar-refractivity contribution < 1.29 is 22.7 Å². The van der Waals surface area contributed by atoms with Crippen molar-refractivity contribution >= 4 is 50.7 Å². The third-order valence-electron chi connectivity index (χ3n) is 6.30. The number of benzene rings is 3. The van der Waals surface area contributed by atoms with E-state index in [1.807, 2.05) is 6.92 Å². The molecule has 40 heavy (non-hydrogen) atoms. The number of carbonyl (C=O) groups is 2. The fourth-order valence-electron chi connectivity index (χ4n) is 3.97. The third kappa shape index (κ3) is 7.90. The van der Waals surface area contributed by atoms with E-state index in [0.717, 1.165) is 17.1 Å². The average molecular weight is 607 g/mol. The lowest BCUT2D eigenvalue weighted by Crippen LogP contribution is -2.51. The molecular formula is C29H33Cl2N3O5S. The van der Waals surface area contributed by atoms with Gasteiger partial charge in [0.1, 0.15) is 18.3 Å². The predicted octanol–water partition coefficient (Wildman–Crippen LogP) is 5.53. The van der Waals surface area contributed by atoms with E-state index in [1.165, 1.54) is 30.2 Å². The van der Waals surface area contributed by atoms with Crippen LogP contribution >= 0.6 is 23.2 Å². The number of halogens is 2. The molecule has 3 aromatic rings. The van der Waals surface area contributed by atoms with Crippen LogP contribution in [0.15, 0.2) is 77.7 Å². The molecule has 0 spiro atoms. The van der Waals surface area contributed by atoms with Gasteiger partial charge in [0.2, 0.25) is 11.8 Å². The first-order chi connectivity index (χ1) is 19.1. The molecule has 11 heteroatoms. The number of nitrogens with one attached hydrogen (secondary N) is 1. The van der Waals surface area contributed by atoms with E-state index in [4.69, 9.17) is 27.9 Å². The number of methoxy groups -OCH3 is 1. The van der Waals surface area contributed by atoms with Crippen LogP contribution < -0.4 is 14.4 Å². The Labute approximate surface area is 245 Å². The first-order valence-corrected chi connectivity index (χ1v) is 15.0. The van der Waals surface area contributed by atoms with Crippen LogP contribution in [0.1, 0.15) is 32.3 Å². The normalized spacial score (nSPS) is 11.9. The van der Waals surface area contributed by atoms with Crippen molar-refractivity contribution in [3.63, 3.8) is 0 Å². The minimum Gasteiger partial charge on any atom is -0.497 e. The molecule has 0 unspecified atom stereocenters. The van der Waals surface area contributed by atoms with Crippen LogP contribution in [0, 0.1) is 0 Å². The van der Waals surface area contributed by atoms with Gasteiger partial charge >= 0.3 is 0 Å². The molecule has 214 valence electrons. The highest BCUT2D eigenvalue weighted by atomic mass is 35.5. The second-order valence-corrected chi connectivity index (χ2v) is 11.8. The van der Waals surface area contributed by atoms with Crippen molar-refractivity contribution in [1.29, 1.82) is 0 Å². The molecule has 8 nitrogen and oxygen atoms in total. The standard InChI is InChI=1S/C29H33Cl2N3O5S/c1-4-5-16-32-29(36)21(2)33(19-22-14-15-23(30)17-27(22)31)28(35)20-34(24-10-9-11-25(18-24)39-3)40(37,38)26-12-7-6-8-13-26/h6-15,17-18,21H,4-5,16,19-20H2,1-3H3,(H,32,36)/t21-/m0/s1. The van der Waals surface area contributed by atoms with Crippen LogP contribution in [0.25, 0.3) is 0 Å². The van der Waals surface area contributed by atoms with Gasteiger partial charge in [-0.05, 0) is 55.3 Å². The van der Waals surface area contributed by atoms with Gasteiger partial charge in [0.05, 0.1) is 17.7 Å². The van der Waals surface area contributed by atoms with Gasteiger partial charge in [0.25, 0.3) is 10.0 Å². The Morgan fingerprint density at radius 2 is 1.73 bits per heavy atom.